The van der Waals surface area contributed by atoms with Crippen LogP contribution >= 0.6 is 0 Å². The van der Waals surface area contributed by atoms with Crippen LogP contribution in [0.5, 0.6) is 0 Å². The summed E-state index contributed by atoms with van der Waals surface area (Å²) in [6, 6.07) is 8.39. The predicted octanol–water partition coefficient (Wildman–Crippen LogP) is 3.76. The Balaban J connectivity index is 1.60. The molecule has 0 aliphatic carbocycles. The fraction of sp³-hybridized carbons (Fsp3) is 0.360. The maximum Gasteiger partial charge on any atom is 0.421 e. The van der Waals surface area contributed by atoms with E-state index in [1.807, 2.05) is 0 Å². The second kappa shape index (κ2) is 11.9. The molecule has 2 N–H and O–H groups in total. The van der Waals surface area contributed by atoms with Crippen molar-refractivity contribution in [3.8, 4) is 0 Å². The van der Waals surface area contributed by atoms with Gasteiger partial charge >= 0.3 is 6.18 Å². The zero-order valence-electron chi connectivity index (χ0n) is 21.6. The molecule has 0 bridgehead atoms. The quantitative estimate of drug-likeness (QED) is 0.426. The molecule has 1 fully saturated rings. The first-order valence-electron chi connectivity index (χ1n) is 12.0. The van der Waals surface area contributed by atoms with Gasteiger partial charge in [-0.15, -0.1) is 0 Å². The maximum atomic E-state index is 13.8. The van der Waals surface area contributed by atoms with Crippen molar-refractivity contribution in [1.82, 2.24) is 19.9 Å². The molecule has 4 rings (SSSR count). The molecule has 1 unspecified atom stereocenters. The van der Waals surface area contributed by atoms with Gasteiger partial charge in [0.2, 0.25) is 5.95 Å². The number of morpholine rings is 1. The molecule has 0 spiro atoms. The van der Waals surface area contributed by atoms with Crippen LogP contribution in [0.4, 0.5) is 36.4 Å². The fourth-order valence-corrected chi connectivity index (χ4v) is 4.30. The van der Waals surface area contributed by atoms with Crippen LogP contribution in [0.15, 0.2) is 42.7 Å². The summed E-state index contributed by atoms with van der Waals surface area (Å²) in [5, 5.41) is 5.68. The third-order valence-electron chi connectivity index (χ3n) is 6.12. The normalized spacial score (nSPS) is 14.6. The lowest BCUT2D eigenvalue weighted by Crippen LogP contribution is -2.40. The second-order valence-corrected chi connectivity index (χ2v) is 10.2. The number of nitrogens with one attached hydrogen (secondary N) is 2. The van der Waals surface area contributed by atoms with Crippen molar-refractivity contribution in [3.05, 3.63) is 65.0 Å². The average molecular weight is 564 g/mol. The number of carbonyl (C=O) groups is 1. The number of aryl methyl sites for hydroxylation is 1. The van der Waals surface area contributed by atoms with Gasteiger partial charge in [0.1, 0.15) is 28.2 Å². The highest BCUT2D eigenvalue weighted by atomic mass is 32.2. The molecule has 1 aliphatic rings. The molecule has 3 aromatic rings. The van der Waals surface area contributed by atoms with Crippen molar-refractivity contribution >= 4 is 40.2 Å². The number of carbonyl (C=O) groups excluding carboxylic acids is 1. The van der Waals surface area contributed by atoms with Crippen LogP contribution in [0.3, 0.4) is 0 Å². The number of hydrogen-bond acceptors (Lipinski definition) is 8. The van der Waals surface area contributed by atoms with E-state index in [-0.39, 0.29) is 18.4 Å². The summed E-state index contributed by atoms with van der Waals surface area (Å²) >= 11 is 0. The van der Waals surface area contributed by atoms with Gasteiger partial charge in [0.05, 0.1) is 13.2 Å². The van der Waals surface area contributed by atoms with E-state index < -0.39 is 28.5 Å². The first kappa shape index (κ1) is 28.2. The van der Waals surface area contributed by atoms with Crippen molar-refractivity contribution in [2.45, 2.75) is 19.6 Å². The van der Waals surface area contributed by atoms with E-state index >= 15 is 0 Å². The van der Waals surface area contributed by atoms with E-state index in [9.17, 15) is 22.2 Å². The van der Waals surface area contributed by atoms with E-state index in [0.717, 1.165) is 5.56 Å². The molecule has 208 valence electrons. The smallest absolute Gasteiger partial charge is 0.378 e. The standard InChI is InChI=1S/C25H28F3N7O3S/c1-16-6-7-17(23(36)35-9-11-38-12-10-35)13-20(16)32-24-31-15-19(25(26,27)28)21(33-24)30-14-18-5-4-8-29-22(18)34(2)39(3)37/h4-8,13,15H,9-12,14H2,1-3H3,(H2,30,31,32,33). The van der Waals surface area contributed by atoms with Crippen LogP contribution in [-0.2, 0) is 28.4 Å². The second-order valence-electron chi connectivity index (χ2n) is 8.77. The first-order valence-corrected chi connectivity index (χ1v) is 13.5. The van der Waals surface area contributed by atoms with Crippen molar-refractivity contribution in [1.29, 1.82) is 0 Å². The number of anilines is 4. The number of ether oxygens (including phenoxy) is 1. The number of rotatable bonds is 8. The Morgan fingerprint density at radius 3 is 2.64 bits per heavy atom. The summed E-state index contributed by atoms with van der Waals surface area (Å²) < 4.78 is 60.0. The zero-order valence-corrected chi connectivity index (χ0v) is 22.4. The summed E-state index contributed by atoms with van der Waals surface area (Å²) in [7, 11) is 0.200. The summed E-state index contributed by atoms with van der Waals surface area (Å²) in [4.78, 5) is 26.8. The predicted molar refractivity (Wildman–Crippen MR) is 142 cm³/mol. The molecule has 3 heterocycles. The van der Waals surface area contributed by atoms with Gasteiger partial charge in [-0.1, -0.05) is 12.1 Å². The minimum Gasteiger partial charge on any atom is -0.378 e. The molecule has 1 amide bonds. The molecule has 0 saturated carbocycles. The van der Waals surface area contributed by atoms with Crippen LogP contribution in [0.2, 0.25) is 0 Å². The van der Waals surface area contributed by atoms with Crippen molar-refractivity contribution in [3.63, 3.8) is 0 Å². The summed E-state index contributed by atoms with van der Waals surface area (Å²) in [6.45, 7) is 3.62. The lowest BCUT2D eigenvalue weighted by atomic mass is 10.1. The molecule has 1 saturated heterocycles. The van der Waals surface area contributed by atoms with Crippen molar-refractivity contribution < 1.29 is 26.9 Å². The van der Waals surface area contributed by atoms with Gasteiger partial charge < -0.3 is 20.3 Å². The van der Waals surface area contributed by atoms with Crippen LogP contribution in [-0.4, -0.2) is 69.6 Å². The molecule has 10 nitrogen and oxygen atoms in total. The number of aromatic nitrogens is 3. The number of pyridine rings is 1. The number of halogens is 3. The minimum absolute atomic E-state index is 0.0627. The average Bonchev–Trinajstić information content (AvgIpc) is 2.92. The van der Waals surface area contributed by atoms with Gasteiger partial charge in [0.15, 0.2) is 0 Å². The molecule has 0 radical (unpaired) electrons. The van der Waals surface area contributed by atoms with Crippen LogP contribution < -0.4 is 14.9 Å². The Morgan fingerprint density at radius 1 is 1.21 bits per heavy atom. The molecule has 1 aliphatic heterocycles. The minimum atomic E-state index is -4.71. The number of alkyl halides is 3. The Hall–Kier alpha value is -3.78. The monoisotopic (exact) mass is 563 g/mol. The molecule has 39 heavy (non-hydrogen) atoms. The number of hydrogen-bond donors (Lipinski definition) is 2. The highest BCUT2D eigenvalue weighted by molar-refractivity contribution is 7.85. The van der Waals surface area contributed by atoms with Gasteiger partial charge in [-0.05, 0) is 30.7 Å². The number of amides is 1. The van der Waals surface area contributed by atoms with Gasteiger partial charge in [-0.25, -0.2) is 14.2 Å². The summed E-state index contributed by atoms with van der Waals surface area (Å²) in [6.07, 6.45) is -1.02. The maximum absolute atomic E-state index is 13.8. The van der Waals surface area contributed by atoms with E-state index in [1.54, 1.807) is 49.2 Å². The largest absolute Gasteiger partial charge is 0.421 e. The topological polar surface area (TPSA) is 113 Å². The SMILES string of the molecule is Cc1ccc(C(=O)N2CCOCC2)cc1Nc1ncc(C(F)(F)F)c(NCc2cccnc2N(C)S(C)=O)n1. The third kappa shape index (κ3) is 6.81. The highest BCUT2D eigenvalue weighted by Gasteiger charge is 2.35. The van der Waals surface area contributed by atoms with Gasteiger partial charge in [-0.3, -0.25) is 9.10 Å². The van der Waals surface area contributed by atoms with E-state index in [1.165, 1.54) is 16.8 Å². The van der Waals surface area contributed by atoms with E-state index in [0.29, 0.717) is 55.1 Å². The van der Waals surface area contributed by atoms with Crippen molar-refractivity contribution in [2.75, 3.05) is 54.5 Å². The first-order chi connectivity index (χ1) is 18.5. The lowest BCUT2D eigenvalue weighted by molar-refractivity contribution is -0.137. The van der Waals surface area contributed by atoms with Gasteiger partial charge in [-0.2, -0.15) is 18.2 Å². The number of benzene rings is 1. The van der Waals surface area contributed by atoms with Crippen molar-refractivity contribution in [2.24, 2.45) is 0 Å². The van der Waals surface area contributed by atoms with E-state index in [4.69, 9.17) is 4.74 Å². The lowest BCUT2D eigenvalue weighted by Gasteiger charge is -2.27. The molecule has 1 aromatic carbocycles. The van der Waals surface area contributed by atoms with Crippen LogP contribution in [0, 0.1) is 6.92 Å². The fourth-order valence-electron chi connectivity index (χ4n) is 3.90. The molecule has 1 atom stereocenters. The Morgan fingerprint density at radius 2 is 1.95 bits per heavy atom. The van der Waals surface area contributed by atoms with Gasteiger partial charge in [0.25, 0.3) is 5.91 Å². The Labute approximate surface area is 226 Å². The summed E-state index contributed by atoms with van der Waals surface area (Å²) in [5.74, 6) is -0.317. The molecule has 2 aromatic heterocycles. The molecular weight excluding hydrogens is 535 g/mol. The highest BCUT2D eigenvalue weighted by Crippen LogP contribution is 2.35. The number of nitrogens with zero attached hydrogens (tertiary/aromatic N) is 5. The Kier molecular flexibility index (Phi) is 8.65. The summed E-state index contributed by atoms with van der Waals surface area (Å²) in [5.41, 5.74) is 1.15. The molecular formula is C25H28F3N7O3S. The van der Waals surface area contributed by atoms with Crippen LogP contribution in [0.25, 0.3) is 0 Å². The van der Waals surface area contributed by atoms with Gasteiger partial charge in [0, 0.05) is 62.1 Å². The zero-order chi connectivity index (χ0) is 28.2. The van der Waals surface area contributed by atoms with E-state index in [2.05, 4.69) is 25.6 Å². The van der Waals surface area contributed by atoms with Crippen LogP contribution in [0.1, 0.15) is 27.0 Å². The third-order valence-corrected chi connectivity index (χ3v) is 7.07. The Bertz CT molecular complexity index is 1370. The molecule has 14 heteroatoms.